The maximum Gasteiger partial charge on any atom is 0.198 e. The molecule has 1 unspecified atom stereocenters. The van der Waals surface area contributed by atoms with E-state index in [-0.39, 0.29) is 0 Å². The van der Waals surface area contributed by atoms with Crippen molar-refractivity contribution in [3.63, 3.8) is 0 Å². The smallest absolute Gasteiger partial charge is 0.198 e. The molecular weight excluding hydrogens is 372 g/mol. The molecule has 5 rings (SSSR count). The van der Waals surface area contributed by atoms with E-state index in [2.05, 4.69) is 68.2 Å². The summed E-state index contributed by atoms with van der Waals surface area (Å²) in [5.74, 6) is 0.642. The van der Waals surface area contributed by atoms with Gasteiger partial charge in [-0.25, -0.2) is 5.10 Å². The zero-order valence-corrected chi connectivity index (χ0v) is 16.6. The Labute approximate surface area is 168 Å². The minimum absolute atomic E-state index is 0.432. The number of rotatable bonds is 3. The first-order valence-electron chi connectivity index (χ1n) is 9.56. The number of anilines is 1. The van der Waals surface area contributed by atoms with Crippen molar-refractivity contribution in [1.82, 2.24) is 25.2 Å². The zero-order chi connectivity index (χ0) is 19.3. The average molecular weight is 393 g/mol. The van der Waals surface area contributed by atoms with Gasteiger partial charge in [-0.05, 0) is 60.9 Å². The molecule has 1 aliphatic heterocycles. The number of aryl methyl sites for hydroxylation is 1. The summed E-state index contributed by atoms with van der Waals surface area (Å²) in [5, 5.41) is 16.8. The number of nitrogens with zero attached hydrogens (tertiary/aromatic N) is 5. The van der Waals surface area contributed by atoms with Gasteiger partial charge in [-0.3, -0.25) is 0 Å². The lowest BCUT2D eigenvalue weighted by molar-refractivity contribution is 0.736. The fourth-order valence-corrected chi connectivity index (χ4v) is 4.54. The minimum atomic E-state index is 0.432. The van der Waals surface area contributed by atoms with E-state index in [4.69, 9.17) is 11.6 Å². The van der Waals surface area contributed by atoms with E-state index in [1.54, 1.807) is 0 Å². The van der Waals surface area contributed by atoms with Crippen molar-refractivity contribution >= 4 is 28.2 Å². The van der Waals surface area contributed by atoms with E-state index in [1.165, 1.54) is 0 Å². The summed E-state index contributed by atoms with van der Waals surface area (Å²) in [4.78, 5) is 2.45. The third-order valence-electron chi connectivity index (χ3n) is 5.66. The fourth-order valence-electron chi connectivity index (χ4n) is 4.29. The number of benzene rings is 2. The summed E-state index contributed by atoms with van der Waals surface area (Å²) >= 11 is 6.89. The van der Waals surface area contributed by atoms with Crippen molar-refractivity contribution in [3.05, 3.63) is 53.1 Å². The van der Waals surface area contributed by atoms with Crippen LogP contribution >= 0.6 is 11.6 Å². The maximum absolute atomic E-state index is 6.89. The highest BCUT2D eigenvalue weighted by atomic mass is 35.5. The number of aromatic amines is 1. The van der Waals surface area contributed by atoms with Gasteiger partial charge in [0.2, 0.25) is 0 Å². The van der Waals surface area contributed by atoms with Crippen molar-refractivity contribution < 1.29 is 0 Å². The van der Waals surface area contributed by atoms with Gasteiger partial charge in [0, 0.05) is 23.7 Å². The van der Waals surface area contributed by atoms with Crippen LogP contribution in [0.1, 0.15) is 25.3 Å². The van der Waals surface area contributed by atoms with Crippen LogP contribution in [-0.4, -0.2) is 37.8 Å². The van der Waals surface area contributed by atoms with Gasteiger partial charge in [0.25, 0.3) is 0 Å². The van der Waals surface area contributed by atoms with Crippen LogP contribution in [0.2, 0.25) is 5.02 Å². The van der Waals surface area contributed by atoms with Crippen LogP contribution in [0.25, 0.3) is 28.1 Å². The molecule has 3 heterocycles. The van der Waals surface area contributed by atoms with Crippen LogP contribution in [-0.2, 0) is 0 Å². The van der Waals surface area contributed by atoms with Gasteiger partial charge in [-0.1, -0.05) is 35.9 Å². The molecule has 0 aliphatic carbocycles. The number of halogens is 1. The Morgan fingerprint density at radius 1 is 1.14 bits per heavy atom. The summed E-state index contributed by atoms with van der Waals surface area (Å²) < 4.78 is 2.21. The molecule has 1 N–H and O–H groups in total. The number of para-hydroxylation sites is 1. The molecule has 6 nitrogen and oxygen atoms in total. The Hall–Kier alpha value is -2.86. The SMILES string of the molecule is Cc1ccc2c(c1Cl)c(N1CCCC1C)c(-c1nnn[nH]1)n2-c1ccccc1. The van der Waals surface area contributed by atoms with Gasteiger partial charge in [0.1, 0.15) is 5.69 Å². The van der Waals surface area contributed by atoms with Gasteiger partial charge in [-0.15, -0.1) is 5.10 Å². The van der Waals surface area contributed by atoms with Crippen LogP contribution < -0.4 is 4.90 Å². The van der Waals surface area contributed by atoms with Crippen molar-refractivity contribution in [1.29, 1.82) is 0 Å². The van der Waals surface area contributed by atoms with Crippen molar-refractivity contribution in [2.75, 3.05) is 11.4 Å². The minimum Gasteiger partial charge on any atom is -0.366 e. The highest BCUT2D eigenvalue weighted by Crippen LogP contribution is 2.46. The van der Waals surface area contributed by atoms with E-state index < -0.39 is 0 Å². The first kappa shape index (κ1) is 17.3. The summed E-state index contributed by atoms with van der Waals surface area (Å²) in [6.07, 6.45) is 2.33. The molecule has 7 heteroatoms. The molecule has 28 heavy (non-hydrogen) atoms. The van der Waals surface area contributed by atoms with Crippen molar-refractivity contribution in [2.24, 2.45) is 0 Å². The number of nitrogens with one attached hydrogen (secondary N) is 1. The Morgan fingerprint density at radius 2 is 1.96 bits per heavy atom. The topological polar surface area (TPSA) is 62.6 Å². The molecule has 4 aromatic rings. The van der Waals surface area contributed by atoms with Gasteiger partial charge < -0.3 is 9.47 Å². The molecule has 1 saturated heterocycles. The van der Waals surface area contributed by atoms with Gasteiger partial charge in [0.15, 0.2) is 5.82 Å². The second-order valence-electron chi connectivity index (χ2n) is 7.39. The van der Waals surface area contributed by atoms with Crippen LogP contribution in [0, 0.1) is 6.92 Å². The number of tetrazole rings is 1. The Bertz CT molecular complexity index is 1130. The second kappa shape index (κ2) is 6.63. The largest absolute Gasteiger partial charge is 0.366 e. The van der Waals surface area contributed by atoms with Crippen LogP contribution in [0.3, 0.4) is 0 Å². The summed E-state index contributed by atoms with van der Waals surface area (Å²) in [5.41, 5.74) is 5.23. The summed E-state index contributed by atoms with van der Waals surface area (Å²) in [6, 6.07) is 14.9. The van der Waals surface area contributed by atoms with E-state index in [1.807, 2.05) is 18.2 Å². The van der Waals surface area contributed by atoms with Crippen LogP contribution in [0.15, 0.2) is 42.5 Å². The van der Waals surface area contributed by atoms with Crippen LogP contribution in [0.4, 0.5) is 5.69 Å². The van der Waals surface area contributed by atoms with E-state index in [0.29, 0.717) is 11.9 Å². The molecule has 142 valence electrons. The molecule has 1 aliphatic rings. The Kier molecular flexibility index (Phi) is 4.09. The van der Waals surface area contributed by atoms with Gasteiger partial charge in [0.05, 0.1) is 16.2 Å². The third-order valence-corrected chi connectivity index (χ3v) is 6.15. The lowest BCUT2D eigenvalue weighted by Gasteiger charge is -2.25. The van der Waals surface area contributed by atoms with Gasteiger partial charge >= 0.3 is 0 Å². The lowest BCUT2D eigenvalue weighted by atomic mass is 10.1. The maximum atomic E-state index is 6.89. The van der Waals surface area contributed by atoms with E-state index >= 15 is 0 Å². The summed E-state index contributed by atoms with van der Waals surface area (Å²) in [6.45, 7) is 5.31. The Morgan fingerprint density at radius 3 is 2.64 bits per heavy atom. The van der Waals surface area contributed by atoms with E-state index in [9.17, 15) is 0 Å². The average Bonchev–Trinajstić information content (AvgIpc) is 3.43. The predicted molar refractivity (Wildman–Crippen MR) is 112 cm³/mol. The molecule has 0 saturated carbocycles. The highest BCUT2D eigenvalue weighted by molar-refractivity contribution is 6.38. The molecule has 1 atom stereocenters. The number of fused-ring (bicyclic) bond motifs is 1. The lowest BCUT2D eigenvalue weighted by Crippen LogP contribution is -2.26. The standard InChI is InChI=1S/C21H21ClN6/c1-13-10-11-16-17(18(13)22)19(27-12-6-7-14(27)2)20(21-23-25-26-24-21)28(16)15-8-4-3-5-9-15/h3-5,8-11,14H,6-7,12H2,1-2H3,(H,23,24,25,26). The molecule has 0 spiro atoms. The highest BCUT2D eigenvalue weighted by Gasteiger charge is 2.32. The number of hydrogen-bond donors (Lipinski definition) is 1. The molecule has 0 amide bonds. The quantitative estimate of drug-likeness (QED) is 0.546. The number of H-pyrrole nitrogens is 1. The molecule has 2 aromatic heterocycles. The molecule has 0 bridgehead atoms. The van der Waals surface area contributed by atoms with Crippen LogP contribution in [0.5, 0.6) is 0 Å². The molecule has 1 fully saturated rings. The zero-order valence-electron chi connectivity index (χ0n) is 15.9. The molecule has 0 radical (unpaired) electrons. The first-order chi connectivity index (χ1) is 13.7. The van der Waals surface area contributed by atoms with Crippen molar-refractivity contribution in [2.45, 2.75) is 32.7 Å². The van der Waals surface area contributed by atoms with Crippen molar-refractivity contribution in [3.8, 4) is 17.2 Å². The summed E-state index contributed by atoms with van der Waals surface area (Å²) in [7, 11) is 0. The van der Waals surface area contributed by atoms with Gasteiger partial charge in [-0.2, -0.15) is 0 Å². The number of aromatic nitrogens is 5. The molecule has 2 aromatic carbocycles. The third kappa shape index (κ3) is 2.52. The first-order valence-corrected chi connectivity index (χ1v) is 9.94. The number of hydrogen-bond acceptors (Lipinski definition) is 4. The van der Waals surface area contributed by atoms with E-state index in [0.717, 1.165) is 57.9 Å². The fraction of sp³-hybridized carbons (Fsp3) is 0.286. The molecular formula is C21H21ClN6. The normalized spacial score (nSPS) is 17.0. The predicted octanol–water partition coefficient (Wildman–Crippen LogP) is 4.76. The monoisotopic (exact) mass is 392 g/mol. The second-order valence-corrected chi connectivity index (χ2v) is 7.77. The Balaban J connectivity index is 1.96.